The van der Waals surface area contributed by atoms with Crippen molar-refractivity contribution in [1.29, 1.82) is 0 Å². The number of carbonyl (C=O) groups is 2. The zero-order valence-corrected chi connectivity index (χ0v) is 24.1. The summed E-state index contributed by atoms with van der Waals surface area (Å²) in [7, 11) is 1.72. The van der Waals surface area contributed by atoms with Crippen molar-refractivity contribution in [3.63, 3.8) is 0 Å². The third-order valence-corrected chi connectivity index (χ3v) is 7.50. The fourth-order valence-electron chi connectivity index (χ4n) is 4.40. The fourth-order valence-corrected chi connectivity index (χ4v) is 5.25. The lowest BCUT2D eigenvalue weighted by molar-refractivity contribution is -0.142. The number of ether oxygens (including phenoxy) is 2. The minimum absolute atomic E-state index is 0.138. The van der Waals surface area contributed by atoms with Gasteiger partial charge in [-0.25, -0.2) is 9.97 Å². The number of benzene rings is 2. The number of oxazole rings is 1. The maximum absolute atomic E-state index is 13.3. The van der Waals surface area contributed by atoms with E-state index in [9.17, 15) is 9.59 Å². The normalized spacial score (nSPS) is 11.3. The molecule has 212 valence electrons. The molecule has 41 heavy (non-hydrogen) atoms. The molecule has 0 unspecified atom stereocenters. The molecule has 0 aliphatic rings. The van der Waals surface area contributed by atoms with E-state index in [1.165, 1.54) is 11.3 Å². The molecular weight excluding hydrogens is 542 g/mol. The van der Waals surface area contributed by atoms with E-state index in [1.54, 1.807) is 43.3 Å². The van der Waals surface area contributed by atoms with Crippen molar-refractivity contribution in [2.75, 3.05) is 30.5 Å². The highest BCUT2D eigenvalue weighted by atomic mass is 32.1. The van der Waals surface area contributed by atoms with Crippen LogP contribution < -0.4 is 10.2 Å². The molecule has 0 radical (unpaired) electrons. The fraction of sp³-hybridized carbons (Fsp3) is 0.267. The third kappa shape index (κ3) is 6.22. The number of rotatable bonds is 11. The summed E-state index contributed by atoms with van der Waals surface area (Å²) in [5, 5.41) is 2.96. The van der Waals surface area contributed by atoms with Gasteiger partial charge in [0.25, 0.3) is 11.8 Å². The number of thiophene rings is 1. The minimum Gasteiger partial charge on any atom is -0.440 e. The maximum atomic E-state index is 13.3. The van der Waals surface area contributed by atoms with Crippen molar-refractivity contribution in [2.24, 2.45) is 0 Å². The van der Waals surface area contributed by atoms with Crippen molar-refractivity contribution < 1.29 is 23.5 Å². The highest BCUT2D eigenvalue weighted by molar-refractivity contribution is 7.17. The number of hydrogen-bond acceptors (Lipinski definition) is 8. The Morgan fingerprint density at radius 3 is 2.51 bits per heavy atom. The van der Waals surface area contributed by atoms with Crippen LogP contribution in [-0.2, 0) is 16.0 Å². The Kier molecular flexibility index (Phi) is 8.58. The highest BCUT2D eigenvalue weighted by Gasteiger charge is 2.22. The van der Waals surface area contributed by atoms with Gasteiger partial charge in [-0.2, -0.15) is 0 Å². The summed E-state index contributed by atoms with van der Waals surface area (Å²) in [6, 6.07) is 18.2. The first-order valence-electron chi connectivity index (χ1n) is 13.3. The molecule has 0 saturated heterocycles. The third-order valence-electron chi connectivity index (χ3n) is 6.40. The Bertz CT molecular complexity index is 1650. The molecule has 0 atom stereocenters. The Balaban J connectivity index is 1.47. The van der Waals surface area contributed by atoms with Gasteiger partial charge in [0.1, 0.15) is 0 Å². The molecule has 0 bridgehead atoms. The lowest BCUT2D eigenvalue weighted by atomic mass is 10.2. The van der Waals surface area contributed by atoms with Gasteiger partial charge in [-0.05, 0) is 56.3 Å². The van der Waals surface area contributed by atoms with Crippen LogP contribution in [0.4, 0.5) is 11.6 Å². The van der Waals surface area contributed by atoms with Gasteiger partial charge in [0.15, 0.2) is 17.9 Å². The van der Waals surface area contributed by atoms with E-state index in [0.717, 1.165) is 10.4 Å². The summed E-state index contributed by atoms with van der Waals surface area (Å²) in [5.74, 6) is 1.06. The van der Waals surface area contributed by atoms with Crippen molar-refractivity contribution in [2.45, 2.75) is 33.6 Å². The summed E-state index contributed by atoms with van der Waals surface area (Å²) in [4.78, 5) is 38.1. The average molecular weight is 574 g/mol. The molecule has 11 heteroatoms. The molecular formula is C30H31N5O5S. The van der Waals surface area contributed by atoms with E-state index in [2.05, 4.69) is 10.3 Å². The molecule has 0 aliphatic heterocycles. The van der Waals surface area contributed by atoms with Crippen molar-refractivity contribution in [3.8, 4) is 10.6 Å². The number of aryl methyl sites for hydroxylation is 1. The summed E-state index contributed by atoms with van der Waals surface area (Å²) in [6.07, 6.45) is 1.10. The quantitative estimate of drug-likeness (QED) is 0.193. The van der Waals surface area contributed by atoms with Crippen LogP contribution in [0.15, 0.2) is 71.3 Å². The Labute approximate surface area is 241 Å². The van der Waals surface area contributed by atoms with Crippen LogP contribution in [0.1, 0.15) is 39.8 Å². The van der Waals surface area contributed by atoms with Crippen molar-refractivity contribution >= 4 is 45.8 Å². The van der Waals surface area contributed by atoms with E-state index in [4.69, 9.17) is 18.9 Å². The van der Waals surface area contributed by atoms with Gasteiger partial charge < -0.3 is 23.4 Å². The van der Waals surface area contributed by atoms with Gasteiger partial charge in [0.05, 0.1) is 33.5 Å². The number of fused-ring (bicyclic) bond motifs is 1. The highest BCUT2D eigenvalue weighted by Crippen LogP contribution is 2.30. The van der Waals surface area contributed by atoms with E-state index in [1.807, 2.05) is 60.9 Å². The molecule has 10 nitrogen and oxygen atoms in total. The Morgan fingerprint density at radius 2 is 1.83 bits per heavy atom. The standard InChI is InChI=1S/C30H31N5O5S/c1-5-38-27(39-6-2)18-35-23-13-12-21(34(4)29(37)20-10-8-7-9-11-20)16-22(23)32-30(35)33-28(36)26-15-14-25(41-26)24-17-31-19(3)40-24/h7-17,27H,5-6,18H2,1-4H3,(H,32,33,36). The molecule has 0 spiro atoms. The van der Waals surface area contributed by atoms with Crippen LogP contribution in [0, 0.1) is 6.92 Å². The lowest BCUT2D eigenvalue weighted by Gasteiger charge is -2.20. The van der Waals surface area contributed by atoms with Crippen LogP contribution in [0.25, 0.3) is 21.7 Å². The van der Waals surface area contributed by atoms with Gasteiger partial charge in [0.2, 0.25) is 5.95 Å². The predicted molar refractivity (Wildman–Crippen MR) is 158 cm³/mol. The lowest BCUT2D eigenvalue weighted by Crippen LogP contribution is -2.26. The van der Waals surface area contributed by atoms with Crippen molar-refractivity contribution in [1.82, 2.24) is 14.5 Å². The van der Waals surface area contributed by atoms with Gasteiger partial charge in [0, 0.05) is 38.4 Å². The summed E-state index contributed by atoms with van der Waals surface area (Å²) >= 11 is 1.30. The predicted octanol–water partition coefficient (Wildman–Crippen LogP) is 5.99. The molecule has 3 heterocycles. The van der Waals surface area contributed by atoms with Crippen LogP contribution >= 0.6 is 11.3 Å². The number of amides is 2. The molecule has 2 amide bonds. The van der Waals surface area contributed by atoms with Gasteiger partial charge in [-0.1, -0.05) is 18.2 Å². The first-order valence-corrected chi connectivity index (χ1v) is 14.1. The number of nitrogens with one attached hydrogen (secondary N) is 1. The van der Waals surface area contributed by atoms with Gasteiger partial charge >= 0.3 is 0 Å². The molecule has 5 aromatic rings. The second-order valence-electron chi connectivity index (χ2n) is 9.15. The zero-order valence-electron chi connectivity index (χ0n) is 23.3. The van der Waals surface area contributed by atoms with Gasteiger partial charge in [-0.15, -0.1) is 11.3 Å². The van der Waals surface area contributed by atoms with Crippen molar-refractivity contribution in [3.05, 3.63) is 83.2 Å². The number of anilines is 2. The second kappa shape index (κ2) is 12.5. The molecule has 0 saturated carbocycles. The largest absolute Gasteiger partial charge is 0.440 e. The Hall–Kier alpha value is -4.32. The Morgan fingerprint density at radius 1 is 1.07 bits per heavy atom. The first-order chi connectivity index (χ1) is 19.9. The van der Waals surface area contributed by atoms with E-state index in [-0.39, 0.29) is 11.8 Å². The number of imidazole rings is 1. The molecule has 5 rings (SSSR count). The van der Waals surface area contributed by atoms with Crippen LogP contribution in [-0.4, -0.2) is 52.9 Å². The summed E-state index contributed by atoms with van der Waals surface area (Å²) in [6.45, 7) is 6.81. The average Bonchev–Trinajstić information content (AvgIpc) is 3.72. The molecule has 0 fully saturated rings. The van der Waals surface area contributed by atoms with E-state index >= 15 is 0 Å². The first kappa shape index (κ1) is 28.2. The molecule has 1 N–H and O–H groups in total. The zero-order chi connectivity index (χ0) is 28.9. The number of nitrogens with zero attached hydrogens (tertiary/aromatic N) is 4. The van der Waals surface area contributed by atoms with Gasteiger partial charge in [-0.3, -0.25) is 14.9 Å². The number of hydrogen-bond donors (Lipinski definition) is 1. The minimum atomic E-state index is -0.539. The smallest absolute Gasteiger partial charge is 0.268 e. The molecule has 2 aromatic carbocycles. The maximum Gasteiger partial charge on any atom is 0.268 e. The topological polar surface area (TPSA) is 112 Å². The van der Waals surface area contributed by atoms with E-state index < -0.39 is 6.29 Å². The number of carbonyl (C=O) groups excluding carboxylic acids is 2. The molecule has 3 aromatic heterocycles. The SMILES string of the molecule is CCOC(Cn1c(NC(=O)c2ccc(-c3cnc(C)o3)s2)nc2cc(N(C)C(=O)c3ccccc3)ccc21)OCC. The summed E-state index contributed by atoms with van der Waals surface area (Å²) < 4.78 is 19.1. The summed E-state index contributed by atoms with van der Waals surface area (Å²) in [5.41, 5.74) is 2.63. The van der Waals surface area contributed by atoms with Crippen LogP contribution in [0.2, 0.25) is 0 Å². The van der Waals surface area contributed by atoms with Crippen LogP contribution in [0.5, 0.6) is 0 Å². The molecule has 0 aliphatic carbocycles. The second-order valence-corrected chi connectivity index (χ2v) is 10.2. The number of aromatic nitrogens is 3. The monoisotopic (exact) mass is 573 g/mol. The van der Waals surface area contributed by atoms with Crippen LogP contribution in [0.3, 0.4) is 0 Å². The van der Waals surface area contributed by atoms with E-state index in [0.29, 0.717) is 59.0 Å².